The van der Waals surface area contributed by atoms with Crippen molar-refractivity contribution in [2.24, 2.45) is 0 Å². The van der Waals surface area contributed by atoms with Crippen molar-refractivity contribution in [3.63, 3.8) is 0 Å². The van der Waals surface area contributed by atoms with Crippen molar-refractivity contribution in [1.29, 1.82) is 0 Å². The average molecular weight is 252 g/mol. The SMILES string of the molecule is Clc1cc2c3ccccc3[nH]c2c2ccccc12. The molecule has 0 aliphatic heterocycles. The molecule has 0 bridgehead atoms. The highest BCUT2D eigenvalue weighted by molar-refractivity contribution is 6.38. The zero-order valence-electron chi connectivity index (χ0n) is 9.57. The van der Waals surface area contributed by atoms with Gasteiger partial charge in [-0.1, -0.05) is 54.1 Å². The summed E-state index contributed by atoms with van der Waals surface area (Å²) >= 11 is 6.38. The molecule has 0 fully saturated rings. The van der Waals surface area contributed by atoms with Crippen molar-refractivity contribution >= 4 is 44.2 Å². The number of para-hydroxylation sites is 1. The van der Waals surface area contributed by atoms with Crippen molar-refractivity contribution < 1.29 is 0 Å². The lowest BCUT2D eigenvalue weighted by Crippen LogP contribution is -1.76. The van der Waals surface area contributed by atoms with Gasteiger partial charge in [-0.15, -0.1) is 0 Å². The van der Waals surface area contributed by atoms with Crippen LogP contribution in [0.25, 0.3) is 32.6 Å². The normalized spacial score (nSPS) is 11.6. The second-order valence-electron chi connectivity index (χ2n) is 4.50. The molecule has 1 N–H and O–H groups in total. The van der Waals surface area contributed by atoms with E-state index in [0.717, 1.165) is 21.4 Å². The first-order valence-electron chi connectivity index (χ1n) is 5.92. The summed E-state index contributed by atoms with van der Waals surface area (Å²) in [6.07, 6.45) is 0. The van der Waals surface area contributed by atoms with E-state index in [0.29, 0.717) is 0 Å². The average Bonchev–Trinajstić information content (AvgIpc) is 2.78. The Kier molecular flexibility index (Phi) is 1.94. The van der Waals surface area contributed by atoms with Crippen LogP contribution in [0, 0.1) is 0 Å². The fraction of sp³-hybridized carbons (Fsp3) is 0. The number of aromatic nitrogens is 1. The van der Waals surface area contributed by atoms with Gasteiger partial charge < -0.3 is 4.98 Å². The molecule has 4 aromatic rings. The largest absolute Gasteiger partial charge is 0.354 e. The van der Waals surface area contributed by atoms with E-state index in [-0.39, 0.29) is 0 Å². The van der Waals surface area contributed by atoms with E-state index in [1.165, 1.54) is 16.2 Å². The van der Waals surface area contributed by atoms with Gasteiger partial charge in [0.05, 0.1) is 5.52 Å². The fourth-order valence-electron chi connectivity index (χ4n) is 2.64. The molecule has 0 saturated carbocycles. The minimum Gasteiger partial charge on any atom is -0.354 e. The summed E-state index contributed by atoms with van der Waals surface area (Å²) in [4.78, 5) is 3.49. The van der Waals surface area contributed by atoms with Crippen molar-refractivity contribution in [2.75, 3.05) is 0 Å². The van der Waals surface area contributed by atoms with Crippen LogP contribution in [-0.4, -0.2) is 4.98 Å². The molecule has 0 atom stereocenters. The Balaban J connectivity index is 2.36. The van der Waals surface area contributed by atoms with Crippen LogP contribution in [0.4, 0.5) is 0 Å². The summed E-state index contributed by atoms with van der Waals surface area (Å²) in [6.45, 7) is 0. The lowest BCUT2D eigenvalue weighted by Gasteiger charge is -2.02. The molecule has 0 spiro atoms. The maximum atomic E-state index is 6.38. The highest BCUT2D eigenvalue weighted by atomic mass is 35.5. The molecule has 1 heterocycles. The zero-order valence-corrected chi connectivity index (χ0v) is 10.3. The molecule has 2 heteroatoms. The van der Waals surface area contributed by atoms with Crippen LogP contribution >= 0.6 is 11.6 Å². The Bertz CT molecular complexity index is 889. The molecule has 0 aliphatic rings. The van der Waals surface area contributed by atoms with E-state index in [1.807, 2.05) is 18.2 Å². The Morgan fingerprint density at radius 1 is 0.722 bits per heavy atom. The quantitative estimate of drug-likeness (QED) is 0.446. The summed E-state index contributed by atoms with van der Waals surface area (Å²) in [5, 5.41) is 5.49. The molecule has 1 nitrogen and oxygen atoms in total. The molecule has 3 aromatic carbocycles. The van der Waals surface area contributed by atoms with Crippen LogP contribution in [0.1, 0.15) is 0 Å². The second-order valence-corrected chi connectivity index (χ2v) is 4.90. The van der Waals surface area contributed by atoms with E-state index in [4.69, 9.17) is 11.6 Å². The van der Waals surface area contributed by atoms with Crippen LogP contribution < -0.4 is 0 Å². The molecule has 0 saturated heterocycles. The van der Waals surface area contributed by atoms with E-state index in [1.54, 1.807) is 0 Å². The Morgan fingerprint density at radius 3 is 2.22 bits per heavy atom. The highest BCUT2D eigenvalue weighted by Gasteiger charge is 2.09. The van der Waals surface area contributed by atoms with E-state index >= 15 is 0 Å². The molecule has 86 valence electrons. The minimum atomic E-state index is 0.808. The van der Waals surface area contributed by atoms with Crippen molar-refractivity contribution in [1.82, 2.24) is 4.98 Å². The van der Waals surface area contributed by atoms with Crippen LogP contribution in [0.15, 0.2) is 54.6 Å². The van der Waals surface area contributed by atoms with Crippen molar-refractivity contribution in [3.05, 3.63) is 59.6 Å². The summed E-state index contributed by atoms with van der Waals surface area (Å²) in [6, 6.07) is 18.6. The van der Waals surface area contributed by atoms with Gasteiger partial charge in [0.2, 0.25) is 0 Å². The van der Waals surface area contributed by atoms with Crippen LogP contribution in [-0.2, 0) is 0 Å². The van der Waals surface area contributed by atoms with Gasteiger partial charge in [-0.3, -0.25) is 0 Å². The van der Waals surface area contributed by atoms with Gasteiger partial charge in [0.25, 0.3) is 0 Å². The maximum Gasteiger partial charge on any atom is 0.0545 e. The molecule has 4 rings (SSSR count). The summed E-state index contributed by atoms with van der Waals surface area (Å²) in [7, 11) is 0. The monoisotopic (exact) mass is 251 g/mol. The van der Waals surface area contributed by atoms with Gasteiger partial charge >= 0.3 is 0 Å². The topological polar surface area (TPSA) is 15.8 Å². The summed E-state index contributed by atoms with van der Waals surface area (Å²) < 4.78 is 0. The first kappa shape index (κ1) is 9.98. The van der Waals surface area contributed by atoms with Gasteiger partial charge in [0.1, 0.15) is 0 Å². The van der Waals surface area contributed by atoms with Gasteiger partial charge in [-0.25, -0.2) is 0 Å². The maximum absolute atomic E-state index is 6.38. The number of rotatable bonds is 0. The molecular formula is C16H10ClN. The molecule has 18 heavy (non-hydrogen) atoms. The van der Waals surface area contributed by atoms with E-state index in [2.05, 4.69) is 41.4 Å². The van der Waals surface area contributed by atoms with Crippen molar-refractivity contribution in [2.45, 2.75) is 0 Å². The predicted octanol–water partition coefficient (Wildman–Crippen LogP) is 5.13. The Hall–Kier alpha value is -1.99. The first-order chi connectivity index (χ1) is 8.84. The highest BCUT2D eigenvalue weighted by Crippen LogP contribution is 2.35. The van der Waals surface area contributed by atoms with Gasteiger partial charge in [-0.05, 0) is 12.1 Å². The number of benzene rings is 3. The second kappa shape index (κ2) is 3.50. The molecule has 0 unspecified atom stereocenters. The standard InChI is InChI=1S/C16H10ClN/c17-14-9-13-11-6-3-4-8-15(11)18-16(13)12-7-2-1-5-10(12)14/h1-9,18H. The summed E-state index contributed by atoms with van der Waals surface area (Å²) in [5.41, 5.74) is 2.32. The zero-order chi connectivity index (χ0) is 12.1. The molecule has 0 radical (unpaired) electrons. The number of aromatic amines is 1. The van der Waals surface area contributed by atoms with Crippen molar-refractivity contribution in [3.8, 4) is 0 Å². The molecule has 0 amide bonds. The number of hydrogen-bond acceptors (Lipinski definition) is 0. The lowest BCUT2D eigenvalue weighted by molar-refractivity contribution is 1.56. The molecule has 0 aliphatic carbocycles. The minimum absolute atomic E-state index is 0.808. The number of halogens is 1. The smallest absolute Gasteiger partial charge is 0.0545 e. The van der Waals surface area contributed by atoms with E-state index < -0.39 is 0 Å². The van der Waals surface area contributed by atoms with Crippen LogP contribution in [0.5, 0.6) is 0 Å². The fourth-order valence-corrected chi connectivity index (χ4v) is 2.91. The third kappa shape index (κ3) is 1.22. The Labute approximate surface area is 109 Å². The van der Waals surface area contributed by atoms with Gasteiger partial charge in [-0.2, -0.15) is 0 Å². The molecule has 1 aromatic heterocycles. The summed E-state index contributed by atoms with van der Waals surface area (Å²) in [5.74, 6) is 0. The first-order valence-corrected chi connectivity index (χ1v) is 6.30. The molecular weight excluding hydrogens is 242 g/mol. The number of H-pyrrole nitrogens is 1. The van der Waals surface area contributed by atoms with E-state index in [9.17, 15) is 0 Å². The van der Waals surface area contributed by atoms with Gasteiger partial charge in [0, 0.05) is 32.1 Å². The number of fused-ring (bicyclic) bond motifs is 5. The lowest BCUT2D eigenvalue weighted by atomic mass is 10.1. The van der Waals surface area contributed by atoms with Crippen LogP contribution in [0.2, 0.25) is 5.02 Å². The number of nitrogens with one attached hydrogen (secondary N) is 1. The predicted molar refractivity (Wildman–Crippen MR) is 78.3 cm³/mol. The third-order valence-electron chi connectivity index (χ3n) is 3.47. The van der Waals surface area contributed by atoms with Gasteiger partial charge in [0.15, 0.2) is 0 Å². The Morgan fingerprint density at radius 2 is 1.39 bits per heavy atom. The van der Waals surface area contributed by atoms with Crippen LogP contribution in [0.3, 0.4) is 0 Å². The third-order valence-corrected chi connectivity index (χ3v) is 3.78. The number of hydrogen-bond donors (Lipinski definition) is 1.